The Balaban J connectivity index is 1.64. The van der Waals surface area contributed by atoms with E-state index in [1.807, 2.05) is 13.8 Å². The van der Waals surface area contributed by atoms with Crippen LogP contribution in [0.5, 0.6) is 0 Å². The Hall–Kier alpha value is -2.72. The van der Waals surface area contributed by atoms with E-state index in [1.54, 1.807) is 6.07 Å². The van der Waals surface area contributed by atoms with Crippen LogP contribution in [0.2, 0.25) is 0 Å². The number of carbonyl (C=O) groups is 1. The number of aromatic nitrogens is 2. The maximum absolute atomic E-state index is 13.2. The summed E-state index contributed by atoms with van der Waals surface area (Å²) in [7, 11) is 0. The number of anilines is 2. The minimum atomic E-state index is -4.49. The zero-order valence-electron chi connectivity index (χ0n) is 17.9. The lowest BCUT2D eigenvalue weighted by atomic mass is 10.0. The van der Waals surface area contributed by atoms with Crippen molar-refractivity contribution in [1.82, 2.24) is 9.97 Å². The molecule has 0 aromatic carbocycles. The third-order valence-electron chi connectivity index (χ3n) is 5.50. The molecule has 10 heteroatoms. The lowest BCUT2D eigenvalue weighted by Gasteiger charge is -2.36. The lowest BCUT2D eigenvalue weighted by Crippen LogP contribution is -2.46. The van der Waals surface area contributed by atoms with Crippen molar-refractivity contribution in [3.63, 3.8) is 0 Å². The van der Waals surface area contributed by atoms with E-state index in [0.717, 1.165) is 23.4 Å². The number of halogens is 3. The number of morpholine rings is 1. The molecule has 2 atom stereocenters. The predicted molar refractivity (Wildman–Crippen MR) is 112 cm³/mol. The van der Waals surface area contributed by atoms with Crippen molar-refractivity contribution in [2.45, 2.75) is 45.1 Å². The average molecular weight is 450 g/mol. The fourth-order valence-electron chi connectivity index (χ4n) is 4.09. The highest BCUT2D eigenvalue weighted by atomic mass is 19.4. The Kier molecular flexibility index (Phi) is 6.34. The summed E-state index contributed by atoms with van der Waals surface area (Å²) in [6.45, 7) is 6.26. The van der Waals surface area contributed by atoms with E-state index >= 15 is 0 Å². The summed E-state index contributed by atoms with van der Waals surface area (Å²) in [4.78, 5) is 23.8. The van der Waals surface area contributed by atoms with Crippen molar-refractivity contribution < 1.29 is 27.4 Å². The van der Waals surface area contributed by atoms with E-state index in [-0.39, 0.29) is 18.0 Å². The van der Waals surface area contributed by atoms with Gasteiger partial charge in [0, 0.05) is 37.0 Å². The molecule has 0 bridgehead atoms. The second kappa shape index (κ2) is 9.03. The Morgan fingerprint density at radius 3 is 2.53 bits per heavy atom. The molecule has 0 aliphatic carbocycles. The maximum Gasteiger partial charge on any atom is 0.417 e. The molecule has 172 valence electrons. The largest absolute Gasteiger partial charge is 0.417 e. The number of ether oxygens (including phenoxy) is 2. The number of pyridine rings is 2. The first-order valence-electron chi connectivity index (χ1n) is 10.6. The van der Waals surface area contributed by atoms with Crippen molar-refractivity contribution in [1.29, 1.82) is 0 Å². The van der Waals surface area contributed by atoms with Gasteiger partial charge >= 0.3 is 6.18 Å². The second-order valence-electron chi connectivity index (χ2n) is 8.11. The number of hydrogen-bond donors (Lipinski definition) is 1. The van der Waals surface area contributed by atoms with Crippen LogP contribution >= 0.6 is 0 Å². The third kappa shape index (κ3) is 5.02. The van der Waals surface area contributed by atoms with Gasteiger partial charge in [-0.25, -0.2) is 9.97 Å². The molecule has 1 fully saturated rings. The summed E-state index contributed by atoms with van der Waals surface area (Å²) in [5, 5.41) is 2.63. The van der Waals surface area contributed by atoms with Crippen molar-refractivity contribution >= 4 is 17.5 Å². The van der Waals surface area contributed by atoms with Crippen molar-refractivity contribution in [3.05, 3.63) is 46.8 Å². The van der Waals surface area contributed by atoms with Crippen molar-refractivity contribution in [2.24, 2.45) is 0 Å². The monoisotopic (exact) mass is 450 g/mol. The van der Waals surface area contributed by atoms with Gasteiger partial charge in [0.25, 0.3) is 5.91 Å². The lowest BCUT2D eigenvalue weighted by molar-refractivity contribution is -0.137. The maximum atomic E-state index is 13.2. The van der Waals surface area contributed by atoms with E-state index in [2.05, 4.69) is 15.2 Å². The molecular formula is C22H25F3N4O3. The first-order valence-corrected chi connectivity index (χ1v) is 10.6. The summed E-state index contributed by atoms with van der Waals surface area (Å²) < 4.78 is 49.7. The topological polar surface area (TPSA) is 76.6 Å². The van der Waals surface area contributed by atoms with Gasteiger partial charge in [-0.1, -0.05) is 0 Å². The summed E-state index contributed by atoms with van der Waals surface area (Å²) in [6.07, 6.45) is -2.62. The normalized spacial score (nSPS) is 21.6. The molecule has 1 N–H and O–H groups in total. The highest BCUT2D eigenvalue weighted by molar-refractivity contribution is 6.05. The zero-order chi connectivity index (χ0) is 22.9. The summed E-state index contributed by atoms with van der Waals surface area (Å²) >= 11 is 0. The molecule has 2 aliphatic heterocycles. The first-order chi connectivity index (χ1) is 15.2. The molecule has 0 unspecified atom stereocenters. The van der Waals surface area contributed by atoms with E-state index in [4.69, 9.17) is 14.5 Å². The van der Waals surface area contributed by atoms with Gasteiger partial charge in [0.1, 0.15) is 11.6 Å². The molecule has 2 aromatic heterocycles. The molecule has 4 rings (SSSR count). The number of nitrogens with one attached hydrogen (secondary N) is 1. The number of hydrogen-bond acceptors (Lipinski definition) is 6. The summed E-state index contributed by atoms with van der Waals surface area (Å²) in [5.74, 6) is 0.292. The van der Waals surface area contributed by atoms with Crippen LogP contribution in [0.15, 0.2) is 24.4 Å². The van der Waals surface area contributed by atoms with E-state index in [0.29, 0.717) is 56.7 Å². The molecule has 1 amide bonds. The number of carbonyl (C=O) groups excluding carboxylic acids is 1. The Bertz CT molecular complexity index is 972. The summed E-state index contributed by atoms with van der Waals surface area (Å²) in [6, 6.07) is 3.79. The predicted octanol–water partition coefficient (Wildman–Crippen LogP) is 3.48. The number of alkyl halides is 3. The molecular weight excluding hydrogens is 425 g/mol. The molecule has 4 heterocycles. The third-order valence-corrected chi connectivity index (χ3v) is 5.50. The molecule has 2 aromatic rings. The minimum Gasteiger partial charge on any atom is -0.381 e. The molecule has 2 aliphatic rings. The fourth-order valence-corrected chi connectivity index (χ4v) is 4.09. The van der Waals surface area contributed by atoms with E-state index < -0.39 is 17.6 Å². The highest BCUT2D eigenvalue weighted by Gasteiger charge is 2.31. The van der Waals surface area contributed by atoms with Crippen LogP contribution in [0.4, 0.5) is 24.8 Å². The van der Waals surface area contributed by atoms with Gasteiger partial charge in [-0.05, 0) is 44.0 Å². The van der Waals surface area contributed by atoms with Crippen molar-refractivity contribution in [2.75, 3.05) is 36.5 Å². The van der Waals surface area contributed by atoms with Gasteiger partial charge in [-0.3, -0.25) is 4.79 Å². The highest BCUT2D eigenvalue weighted by Crippen LogP contribution is 2.29. The minimum absolute atomic E-state index is 0.0244. The number of fused-ring (bicyclic) bond motifs is 1. The average Bonchev–Trinajstić information content (AvgIpc) is 2.97. The number of rotatable bonds is 3. The summed E-state index contributed by atoms with van der Waals surface area (Å²) in [5.41, 5.74) is 1.16. The van der Waals surface area contributed by atoms with Gasteiger partial charge in [0.15, 0.2) is 0 Å². The molecule has 0 saturated carbocycles. The Labute approximate surface area is 183 Å². The number of nitrogens with zero attached hydrogens (tertiary/aromatic N) is 3. The molecule has 32 heavy (non-hydrogen) atoms. The Morgan fingerprint density at radius 2 is 1.88 bits per heavy atom. The SMILES string of the molecule is C[C@@H]1CN(c2cc(C(=O)Nc3ccc(C(F)(F)F)cn3)c3c(n2)CCOCC3)C[C@H](C)O1. The van der Waals surface area contributed by atoms with Crippen LogP contribution in [0, 0.1) is 0 Å². The second-order valence-corrected chi connectivity index (χ2v) is 8.11. The van der Waals surface area contributed by atoms with Crippen LogP contribution in [0.3, 0.4) is 0 Å². The van der Waals surface area contributed by atoms with Crippen molar-refractivity contribution in [3.8, 4) is 0 Å². The molecule has 0 radical (unpaired) electrons. The van der Waals surface area contributed by atoms with Gasteiger partial charge < -0.3 is 19.7 Å². The standard InChI is InChI=1S/C22H25F3N4O3/c1-13-11-29(12-14(2)32-13)20-9-17(16-5-7-31-8-6-18(16)27-20)21(30)28-19-4-3-15(10-26-19)22(23,24)25/h3-4,9-10,13-14H,5-8,11-12H2,1-2H3,(H,26,28,30)/t13-,14+. The number of amides is 1. The van der Waals surface area contributed by atoms with Crippen LogP contribution in [0.1, 0.15) is 41.0 Å². The quantitative estimate of drug-likeness (QED) is 0.772. The van der Waals surface area contributed by atoms with Gasteiger partial charge in [-0.2, -0.15) is 13.2 Å². The fraction of sp³-hybridized carbons (Fsp3) is 0.500. The zero-order valence-corrected chi connectivity index (χ0v) is 17.9. The van der Waals surface area contributed by atoms with Gasteiger partial charge in [0.05, 0.1) is 31.0 Å². The first kappa shape index (κ1) is 22.5. The van der Waals surface area contributed by atoms with Gasteiger partial charge in [0.2, 0.25) is 0 Å². The molecule has 1 saturated heterocycles. The van der Waals surface area contributed by atoms with Gasteiger partial charge in [-0.15, -0.1) is 0 Å². The van der Waals surface area contributed by atoms with Crippen LogP contribution in [0.25, 0.3) is 0 Å². The van der Waals surface area contributed by atoms with Crippen LogP contribution in [-0.2, 0) is 28.5 Å². The smallest absolute Gasteiger partial charge is 0.381 e. The van der Waals surface area contributed by atoms with E-state index in [9.17, 15) is 18.0 Å². The Morgan fingerprint density at radius 1 is 1.16 bits per heavy atom. The van der Waals surface area contributed by atoms with E-state index in [1.165, 1.54) is 0 Å². The molecule has 7 nitrogen and oxygen atoms in total. The molecule has 0 spiro atoms. The van der Waals surface area contributed by atoms with Crippen LogP contribution in [-0.4, -0.2) is 54.4 Å². The van der Waals surface area contributed by atoms with Crippen LogP contribution < -0.4 is 10.2 Å².